The van der Waals surface area contributed by atoms with Gasteiger partial charge in [0.1, 0.15) is 5.82 Å². The van der Waals surface area contributed by atoms with Crippen LogP contribution in [-0.2, 0) is 16.6 Å². The van der Waals surface area contributed by atoms with E-state index in [0.717, 1.165) is 11.9 Å². The molecule has 1 aromatic heterocycles. The van der Waals surface area contributed by atoms with Crippen LogP contribution in [0.15, 0.2) is 17.3 Å². The first-order valence-electron chi connectivity index (χ1n) is 8.38. The highest BCUT2D eigenvalue weighted by Crippen LogP contribution is 2.24. The predicted octanol–water partition coefficient (Wildman–Crippen LogP) is 2.59. The molecular weight excluding hydrogens is 395 g/mol. The molecule has 0 saturated carbocycles. The number of nitrogens with zero attached hydrogens (tertiary/aromatic N) is 3. The smallest absolute Gasteiger partial charge is 0.243 e. The lowest BCUT2D eigenvalue weighted by Crippen LogP contribution is -2.37. The number of aromatic nitrogens is 3. The Kier molecular flexibility index (Phi) is 7.05. The molecular formula is C17H20F3N5O2S. The molecule has 0 spiro atoms. The van der Waals surface area contributed by atoms with Gasteiger partial charge in [-0.2, -0.15) is 0 Å². The molecule has 0 aliphatic carbocycles. The number of benzene rings is 1. The van der Waals surface area contributed by atoms with Crippen LogP contribution in [-0.4, -0.2) is 38.4 Å². The van der Waals surface area contributed by atoms with Gasteiger partial charge in [0.05, 0.1) is 17.5 Å². The van der Waals surface area contributed by atoms with Crippen molar-refractivity contribution in [1.29, 1.82) is 0 Å². The van der Waals surface area contributed by atoms with Crippen LogP contribution in [0.3, 0.4) is 0 Å². The molecule has 0 fully saturated rings. The second-order valence-corrected chi connectivity index (χ2v) is 7.61. The first kappa shape index (κ1) is 21.7. The number of hydrogen-bond acceptors (Lipinski definition) is 5. The molecule has 0 aliphatic heterocycles. The molecule has 2 rings (SSSR count). The van der Waals surface area contributed by atoms with Gasteiger partial charge in [-0.1, -0.05) is 25.6 Å². The number of amides is 2. The Hall–Kier alpha value is -2.56. The number of halogens is 3. The summed E-state index contributed by atoms with van der Waals surface area (Å²) in [5.74, 6) is -4.82. The molecule has 1 heterocycles. The summed E-state index contributed by atoms with van der Waals surface area (Å²) in [6.45, 7) is 5.13. The Balaban J connectivity index is 1.89. The number of thioether (sulfide) groups is 1. The van der Waals surface area contributed by atoms with Crippen molar-refractivity contribution in [2.45, 2.75) is 37.1 Å². The molecule has 7 nitrogen and oxygen atoms in total. The van der Waals surface area contributed by atoms with Crippen LogP contribution in [0.2, 0.25) is 0 Å². The highest BCUT2D eigenvalue weighted by molar-refractivity contribution is 8.00. The zero-order chi connectivity index (χ0) is 21.0. The van der Waals surface area contributed by atoms with Crippen LogP contribution < -0.4 is 10.6 Å². The van der Waals surface area contributed by atoms with Crippen LogP contribution in [0.1, 0.15) is 32.5 Å². The Bertz CT molecular complexity index is 888. The number of carbonyl (C=O) groups excluding carboxylic acids is 2. The van der Waals surface area contributed by atoms with Crippen LogP contribution >= 0.6 is 11.8 Å². The fourth-order valence-electron chi connectivity index (χ4n) is 2.27. The zero-order valence-corrected chi connectivity index (χ0v) is 16.5. The lowest BCUT2D eigenvalue weighted by molar-refractivity contribution is -0.123. The highest BCUT2D eigenvalue weighted by atomic mass is 32.2. The highest BCUT2D eigenvalue weighted by Gasteiger charge is 2.21. The second-order valence-electron chi connectivity index (χ2n) is 6.30. The molecule has 1 aromatic carbocycles. The van der Waals surface area contributed by atoms with E-state index >= 15 is 0 Å². The maximum Gasteiger partial charge on any atom is 0.243 e. The first-order chi connectivity index (χ1) is 13.1. The molecule has 0 saturated heterocycles. The maximum atomic E-state index is 13.6. The van der Waals surface area contributed by atoms with E-state index in [0.29, 0.717) is 11.2 Å². The van der Waals surface area contributed by atoms with Crippen molar-refractivity contribution in [3.05, 3.63) is 35.4 Å². The number of rotatable bonds is 7. The standard InChI is InChI=1S/C17H20F3N5O2S/c1-8(2)15-23-24-17(25(15)4)28-9(3)16(27)21-7-12(26)22-11-6-5-10(18)13(19)14(11)20/h5-6,8-9H,7H2,1-4H3,(H,21,27)(H,22,26). The lowest BCUT2D eigenvalue weighted by Gasteiger charge is -2.12. The van der Waals surface area contributed by atoms with E-state index in [9.17, 15) is 22.8 Å². The maximum absolute atomic E-state index is 13.6. The molecule has 0 radical (unpaired) electrons. The van der Waals surface area contributed by atoms with E-state index in [1.807, 2.05) is 13.8 Å². The molecule has 0 bridgehead atoms. The summed E-state index contributed by atoms with van der Waals surface area (Å²) in [6, 6.07) is 1.59. The summed E-state index contributed by atoms with van der Waals surface area (Å²) in [7, 11) is 1.80. The Morgan fingerprint density at radius 3 is 2.43 bits per heavy atom. The van der Waals surface area contributed by atoms with Crippen LogP contribution in [0.25, 0.3) is 0 Å². The van der Waals surface area contributed by atoms with Gasteiger partial charge in [0, 0.05) is 13.0 Å². The SMILES string of the molecule is CC(Sc1nnc(C(C)C)n1C)C(=O)NCC(=O)Nc1ccc(F)c(F)c1F. The summed E-state index contributed by atoms with van der Waals surface area (Å²) < 4.78 is 41.4. The fourth-order valence-corrected chi connectivity index (χ4v) is 3.12. The van der Waals surface area contributed by atoms with Crippen LogP contribution in [0.4, 0.5) is 18.9 Å². The molecule has 2 N–H and O–H groups in total. The Labute approximate surface area is 164 Å². The van der Waals surface area contributed by atoms with Gasteiger partial charge >= 0.3 is 0 Å². The minimum atomic E-state index is -1.68. The third-order valence-corrected chi connectivity index (χ3v) is 4.90. The minimum absolute atomic E-state index is 0.177. The van der Waals surface area contributed by atoms with Gasteiger partial charge in [0.25, 0.3) is 0 Å². The van der Waals surface area contributed by atoms with Crippen molar-refractivity contribution >= 4 is 29.3 Å². The topological polar surface area (TPSA) is 88.9 Å². The number of nitrogens with one attached hydrogen (secondary N) is 2. The van der Waals surface area contributed by atoms with E-state index < -0.39 is 46.7 Å². The van der Waals surface area contributed by atoms with E-state index in [4.69, 9.17) is 0 Å². The van der Waals surface area contributed by atoms with Crippen molar-refractivity contribution in [3.8, 4) is 0 Å². The monoisotopic (exact) mass is 415 g/mol. The summed E-state index contributed by atoms with van der Waals surface area (Å²) in [4.78, 5) is 24.0. The molecule has 1 atom stereocenters. The van der Waals surface area contributed by atoms with E-state index in [2.05, 4.69) is 20.8 Å². The molecule has 2 amide bonds. The second kappa shape index (κ2) is 9.09. The molecule has 11 heteroatoms. The average Bonchev–Trinajstić information content (AvgIpc) is 3.00. The van der Waals surface area contributed by atoms with Gasteiger partial charge in [0.2, 0.25) is 11.8 Å². The quantitative estimate of drug-likeness (QED) is 0.536. The number of hydrogen-bond donors (Lipinski definition) is 2. The summed E-state index contributed by atoms with van der Waals surface area (Å²) in [6.07, 6.45) is 0. The van der Waals surface area contributed by atoms with Crippen LogP contribution in [0.5, 0.6) is 0 Å². The Morgan fingerprint density at radius 1 is 1.14 bits per heavy atom. The minimum Gasteiger partial charge on any atom is -0.346 e. The molecule has 28 heavy (non-hydrogen) atoms. The largest absolute Gasteiger partial charge is 0.346 e. The number of anilines is 1. The third kappa shape index (κ3) is 5.03. The van der Waals surface area contributed by atoms with Crippen molar-refractivity contribution in [2.75, 3.05) is 11.9 Å². The van der Waals surface area contributed by atoms with E-state index in [-0.39, 0.29) is 5.92 Å². The van der Waals surface area contributed by atoms with E-state index in [1.165, 1.54) is 11.8 Å². The summed E-state index contributed by atoms with van der Waals surface area (Å²) in [5, 5.41) is 12.6. The summed E-state index contributed by atoms with van der Waals surface area (Å²) >= 11 is 1.17. The van der Waals surface area contributed by atoms with Gasteiger partial charge in [-0.25, -0.2) is 13.2 Å². The van der Waals surface area contributed by atoms with Crippen molar-refractivity contribution in [1.82, 2.24) is 20.1 Å². The normalized spacial score (nSPS) is 12.1. The molecule has 2 aromatic rings. The Morgan fingerprint density at radius 2 is 1.82 bits per heavy atom. The van der Waals surface area contributed by atoms with Crippen LogP contribution in [0, 0.1) is 17.5 Å². The van der Waals surface area contributed by atoms with Gasteiger partial charge in [-0.15, -0.1) is 10.2 Å². The lowest BCUT2D eigenvalue weighted by atomic mass is 10.2. The zero-order valence-electron chi connectivity index (χ0n) is 15.7. The number of carbonyl (C=O) groups is 2. The molecule has 152 valence electrons. The predicted molar refractivity (Wildman–Crippen MR) is 98.4 cm³/mol. The summed E-state index contributed by atoms with van der Waals surface area (Å²) in [5.41, 5.74) is -0.513. The van der Waals surface area contributed by atoms with Gasteiger partial charge in [-0.3, -0.25) is 9.59 Å². The third-order valence-electron chi connectivity index (χ3n) is 3.77. The van der Waals surface area contributed by atoms with Crippen molar-refractivity contribution < 1.29 is 22.8 Å². The van der Waals surface area contributed by atoms with Gasteiger partial charge in [0.15, 0.2) is 22.6 Å². The molecule has 1 unspecified atom stereocenters. The van der Waals surface area contributed by atoms with Gasteiger partial charge in [-0.05, 0) is 19.1 Å². The first-order valence-corrected chi connectivity index (χ1v) is 9.26. The average molecular weight is 415 g/mol. The molecule has 0 aliphatic rings. The van der Waals surface area contributed by atoms with E-state index in [1.54, 1.807) is 18.5 Å². The van der Waals surface area contributed by atoms with Crippen molar-refractivity contribution in [3.63, 3.8) is 0 Å². The van der Waals surface area contributed by atoms with Gasteiger partial charge < -0.3 is 15.2 Å². The van der Waals surface area contributed by atoms with Crippen molar-refractivity contribution in [2.24, 2.45) is 7.05 Å². The fraction of sp³-hybridized carbons (Fsp3) is 0.412.